The standard InChI is InChI=1S/C38H49ClF2N6O8S/c1-37(2,3)30-34(49)47-19-22(17-28(47)32(48)45-38(18-24(38)31(40)41)35(50)46-56(52,53)23-13-14-23)54-33-26(42-25-15-12-21(39)16-27(25)43-33)10-6-4-5-8-20-9-7-11-29(20)55-36(51)44-30/h12,15-16,20,22-24,28-31H,4-11,13-14,17-19H2,1-3H3,(H,44,51)(H,45,48)(H,46,50)/t20?,22-,24+,28+,29-,30-,38-/m1/s1. The number of alkyl halides is 2. The number of benzene rings is 1. The fourth-order valence-electron chi connectivity index (χ4n) is 8.34. The third kappa shape index (κ3) is 8.53. The summed E-state index contributed by atoms with van der Waals surface area (Å²) in [5.41, 5.74) is -1.44. The minimum atomic E-state index is -4.13. The number of amides is 4. The van der Waals surface area contributed by atoms with Crippen LogP contribution in [0.15, 0.2) is 18.2 Å². The van der Waals surface area contributed by atoms with E-state index >= 15 is 0 Å². The van der Waals surface area contributed by atoms with Crippen molar-refractivity contribution in [3.63, 3.8) is 0 Å². The molecule has 1 unspecified atom stereocenters. The van der Waals surface area contributed by atoms with Crippen molar-refractivity contribution in [2.75, 3.05) is 6.54 Å². The van der Waals surface area contributed by atoms with Gasteiger partial charge in [0.25, 0.3) is 5.91 Å². The molecule has 5 aliphatic rings. The molecule has 0 spiro atoms. The van der Waals surface area contributed by atoms with Gasteiger partial charge in [0.05, 0.1) is 28.7 Å². The maximum atomic E-state index is 14.6. The normalized spacial score (nSPS) is 30.3. The monoisotopic (exact) mass is 822 g/mol. The van der Waals surface area contributed by atoms with Gasteiger partial charge in [-0.05, 0) is 87.3 Å². The molecule has 3 heterocycles. The first kappa shape index (κ1) is 40.3. The van der Waals surface area contributed by atoms with Crippen LogP contribution in [0.2, 0.25) is 5.02 Å². The van der Waals surface area contributed by atoms with Crippen molar-refractivity contribution in [3.8, 4) is 5.88 Å². The average molecular weight is 823 g/mol. The van der Waals surface area contributed by atoms with E-state index in [0.29, 0.717) is 47.4 Å². The topological polar surface area (TPSA) is 186 Å². The minimum Gasteiger partial charge on any atom is -0.471 e. The molecule has 7 atom stereocenters. The highest BCUT2D eigenvalue weighted by molar-refractivity contribution is 7.91. The zero-order valence-electron chi connectivity index (χ0n) is 31.7. The Morgan fingerprint density at radius 1 is 1.02 bits per heavy atom. The largest absolute Gasteiger partial charge is 0.471 e. The predicted molar refractivity (Wildman–Crippen MR) is 200 cm³/mol. The number of nitrogens with one attached hydrogen (secondary N) is 3. The van der Waals surface area contributed by atoms with Crippen LogP contribution < -0.4 is 20.1 Å². The van der Waals surface area contributed by atoms with E-state index in [4.69, 9.17) is 31.0 Å². The molecule has 4 fully saturated rings. The van der Waals surface area contributed by atoms with Crippen molar-refractivity contribution in [3.05, 3.63) is 28.9 Å². The molecule has 3 N–H and O–H groups in total. The summed E-state index contributed by atoms with van der Waals surface area (Å²) in [6.07, 6.45) is 1.51. The SMILES string of the molecule is CC(C)(C)[C@@H]1NC(=O)O[C@@H]2CCCC2CCCCCc2nc3ccc(Cl)cc3nc2O[C@@H]2C[C@@H](C(=O)N[C@]3(C(=O)NS(=O)(=O)C4CC4)C[C@H]3C(F)F)N(C2)C1=O. The molecule has 1 aromatic heterocycles. The number of hydrogen-bond donors (Lipinski definition) is 3. The van der Waals surface area contributed by atoms with Gasteiger partial charge in [-0.25, -0.2) is 32.0 Å². The van der Waals surface area contributed by atoms with Crippen LogP contribution in [0, 0.1) is 17.3 Å². The fraction of sp³-hybridized carbons (Fsp3) is 0.684. The van der Waals surface area contributed by atoms with Crippen molar-refractivity contribution in [1.29, 1.82) is 0 Å². The zero-order chi connectivity index (χ0) is 40.2. The third-order valence-electron chi connectivity index (χ3n) is 11.8. The number of carbonyl (C=O) groups is 4. The Balaban J connectivity index is 1.23. The van der Waals surface area contributed by atoms with E-state index in [1.807, 2.05) is 4.72 Å². The molecule has 14 nitrogen and oxygen atoms in total. The lowest BCUT2D eigenvalue weighted by Gasteiger charge is -2.35. The van der Waals surface area contributed by atoms with Gasteiger partial charge in [0.1, 0.15) is 35.5 Å². The lowest BCUT2D eigenvalue weighted by Crippen LogP contribution is -2.60. The van der Waals surface area contributed by atoms with Gasteiger partial charge < -0.3 is 25.0 Å². The van der Waals surface area contributed by atoms with Crippen LogP contribution in [-0.4, -0.2) is 95.2 Å². The number of hydrogen-bond acceptors (Lipinski definition) is 10. The van der Waals surface area contributed by atoms with Crippen LogP contribution in [0.25, 0.3) is 11.0 Å². The van der Waals surface area contributed by atoms with Crippen LogP contribution in [0.5, 0.6) is 5.88 Å². The second-order valence-electron chi connectivity index (χ2n) is 17.0. The zero-order valence-corrected chi connectivity index (χ0v) is 33.3. The Bertz CT molecular complexity index is 2000. The number of aryl methyl sites for hydroxylation is 1. The molecule has 56 heavy (non-hydrogen) atoms. The van der Waals surface area contributed by atoms with Gasteiger partial charge in [-0.15, -0.1) is 0 Å². The lowest BCUT2D eigenvalue weighted by molar-refractivity contribution is -0.143. The van der Waals surface area contributed by atoms with E-state index in [2.05, 4.69) is 10.6 Å². The highest BCUT2D eigenvalue weighted by Gasteiger charge is 2.67. The molecule has 0 radical (unpaired) electrons. The number of ether oxygens (including phenoxy) is 2. The van der Waals surface area contributed by atoms with Crippen molar-refractivity contribution in [1.82, 2.24) is 30.2 Å². The molecule has 2 aliphatic heterocycles. The highest BCUT2D eigenvalue weighted by Crippen LogP contribution is 2.48. The molecule has 2 bridgehead atoms. The van der Waals surface area contributed by atoms with Gasteiger partial charge in [0, 0.05) is 11.4 Å². The number of rotatable bonds is 6. The molecular weight excluding hydrogens is 774 g/mol. The Hall–Kier alpha value is -3.86. The smallest absolute Gasteiger partial charge is 0.408 e. The summed E-state index contributed by atoms with van der Waals surface area (Å²) in [6.45, 7) is 5.07. The number of nitrogens with zero attached hydrogens (tertiary/aromatic N) is 3. The Labute approximate surface area is 329 Å². The van der Waals surface area contributed by atoms with Gasteiger partial charge >= 0.3 is 6.09 Å². The predicted octanol–water partition coefficient (Wildman–Crippen LogP) is 4.81. The third-order valence-corrected chi connectivity index (χ3v) is 13.8. The number of halogens is 3. The molecule has 2 aromatic rings. The minimum absolute atomic E-state index is 0.144. The summed E-state index contributed by atoms with van der Waals surface area (Å²) >= 11 is 6.29. The van der Waals surface area contributed by atoms with Crippen molar-refractivity contribution in [2.24, 2.45) is 17.3 Å². The van der Waals surface area contributed by atoms with Crippen LogP contribution in [-0.2, 0) is 35.6 Å². The summed E-state index contributed by atoms with van der Waals surface area (Å²) in [5, 5.41) is 4.83. The molecular formula is C38H49ClF2N6O8S. The summed E-state index contributed by atoms with van der Waals surface area (Å²) in [4.78, 5) is 66.6. The van der Waals surface area contributed by atoms with Gasteiger partial charge in [0.15, 0.2) is 0 Å². The van der Waals surface area contributed by atoms with E-state index in [1.54, 1.807) is 39.0 Å². The Kier molecular flexibility index (Phi) is 11.1. The van der Waals surface area contributed by atoms with Crippen molar-refractivity contribution >= 4 is 56.5 Å². The number of fused-ring (bicyclic) bond motifs is 5. The van der Waals surface area contributed by atoms with Gasteiger partial charge in [-0.3, -0.25) is 19.1 Å². The first-order valence-electron chi connectivity index (χ1n) is 19.5. The summed E-state index contributed by atoms with van der Waals surface area (Å²) in [5.74, 6) is -4.13. The second kappa shape index (κ2) is 15.5. The number of aromatic nitrogens is 2. The Morgan fingerprint density at radius 2 is 1.77 bits per heavy atom. The maximum absolute atomic E-state index is 14.6. The van der Waals surface area contributed by atoms with E-state index in [1.165, 1.54) is 4.90 Å². The average Bonchev–Trinajstić information content (AvgIpc) is 4.02. The number of sulfonamides is 1. The van der Waals surface area contributed by atoms with Gasteiger partial charge in [-0.2, -0.15) is 0 Å². The van der Waals surface area contributed by atoms with Crippen LogP contribution in [0.4, 0.5) is 13.6 Å². The Morgan fingerprint density at radius 3 is 2.46 bits per heavy atom. The maximum Gasteiger partial charge on any atom is 0.408 e. The molecule has 306 valence electrons. The molecule has 3 aliphatic carbocycles. The number of carbonyl (C=O) groups excluding carboxylic acids is 4. The van der Waals surface area contributed by atoms with E-state index in [0.717, 1.165) is 38.5 Å². The molecule has 1 aromatic carbocycles. The van der Waals surface area contributed by atoms with Crippen LogP contribution >= 0.6 is 11.6 Å². The van der Waals surface area contributed by atoms with Crippen LogP contribution in [0.3, 0.4) is 0 Å². The van der Waals surface area contributed by atoms with Crippen LogP contribution in [0.1, 0.15) is 97.1 Å². The molecule has 4 amide bonds. The molecule has 18 heteroatoms. The summed E-state index contributed by atoms with van der Waals surface area (Å²) < 4.78 is 68.0. The lowest BCUT2D eigenvalue weighted by atomic mass is 9.85. The van der Waals surface area contributed by atoms with E-state index in [9.17, 15) is 36.4 Å². The second-order valence-corrected chi connectivity index (χ2v) is 19.4. The van der Waals surface area contributed by atoms with Gasteiger partial charge in [0.2, 0.25) is 34.1 Å². The first-order valence-corrected chi connectivity index (χ1v) is 21.4. The molecule has 1 saturated heterocycles. The summed E-state index contributed by atoms with van der Waals surface area (Å²) in [6, 6.07) is 2.57. The van der Waals surface area contributed by atoms with Crippen molar-refractivity contribution < 1.29 is 45.9 Å². The quantitative estimate of drug-likeness (QED) is 0.366. The fourth-order valence-corrected chi connectivity index (χ4v) is 9.87. The highest BCUT2D eigenvalue weighted by atomic mass is 35.5. The van der Waals surface area contributed by atoms with E-state index in [-0.39, 0.29) is 30.9 Å². The molecule has 3 saturated carbocycles. The van der Waals surface area contributed by atoms with E-state index < -0.39 is 87.0 Å². The first-order chi connectivity index (χ1) is 26.4. The molecule has 7 rings (SSSR count). The summed E-state index contributed by atoms with van der Waals surface area (Å²) in [7, 11) is -4.13. The number of alkyl carbamates (subject to hydrolysis) is 1. The van der Waals surface area contributed by atoms with Crippen molar-refractivity contribution in [2.45, 2.75) is 139 Å². The van der Waals surface area contributed by atoms with Gasteiger partial charge in [-0.1, -0.05) is 45.2 Å².